The molecule has 0 aliphatic heterocycles. The van der Waals surface area contributed by atoms with Crippen LogP contribution in [0.2, 0.25) is 0 Å². The highest BCUT2D eigenvalue weighted by atomic mass is 16.5. The number of benzene rings is 2. The van der Waals surface area contributed by atoms with Crippen LogP contribution in [-0.2, 0) is 0 Å². The molecule has 1 N–H and O–H groups in total. The fourth-order valence-electron chi connectivity index (χ4n) is 1.95. The van der Waals surface area contributed by atoms with E-state index in [2.05, 4.69) is 10.5 Å². The molecule has 0 aliphatic carbocycles. The lowest BCUT2D eigenvalue weighted by atomic mass is 10.1. The first kappa shape index (κ1) is 15.6. The summed E-state index contributed by atoms with van der Waals surface area (Å²) >= 11 is 0. The largest absolute Gasteiger partial charge is 0.497 e. The number of hydrogen-bond acceptors (Lipinski definition) is 4. The monoisotopic (exact) mass is 298 g/mol. The molecule has 0 atom stereocenters. The van der Waals surface area contributed by atoms with Crippen molar-refractivity contribution < 1.29 is 14.3 Å². The molecular weight excluding hydrogens is 280 g/mol. The molecule has 0 heterocycles. The zero-order chi connectivity index (χ0) is 15.9. The zero-order valence-electron chi connectivity index (χ0n) is 12.8. The van der Waals surface area contributed by atoms with Gasteiger partial charge in [0.05, 0.1) is 19.9 Å². The standard InChI is InChI=1S/C17H18N2O3/c1-12(15-6-4-5-7-16(15)22-3)18-19-17(20)13-8-10-14(21-2)11-9-13/h4-11H,1-3H3,(H,19,20)/b18-12-. The van der Waals surface area contributed by atoms with Gasteiger partial charge >= 0.3 is 0 Å². The van der Waals surface area contributed by atoms with E-state index in [1.807, 2.05) is 31.2 Å². The van der Waals surface area contributed by atoms with Crippen molar-refractivity contribution in [1.82, 2.24) is 5.43 Å². The number of para-hydroxylation sites is 1. The van der Waals surface area contributed by atoms with Gasteiger partial charge in [-0.25, -0.2) is 5.43 Å². The van der Waals surface area contributed by atoms with Gasteiger partial charge in [-0.15, -0.1) is 0 Å². The second-order valence-corrected chi connectivity index (χ2v) is 4.57. The molecule has 0 unspecified atom stereocenters. The van der Waals surface area contributed by atoms with E-state index in [0.29, 0.717) is 22.8 Å². The molecule has 0 aliphatic rings. The summed E-state index contributed by atoms with van der Waals surface area (Å²) in [5.41, 5.74) is 4.55. The molecule has 2 rings (SSSR count). The predicted octanol–water partition coefficient (Wildman–Crippen LogP) is 2.86. The molecule has 0 bridgehead atoms. The highest BCUT2D eigenvalue weighted by molar-refractivity contribution is 6.02. The summed E-state index contributed by atoms with van der Waals surface area (Å²) in [5.74, 6) is 1.13. The van der Waals surface area contributed by atoms with Gasteiger partial charge in [0.15, 0.2) is 0 Å². The first-order valence-corrected chi connectivity index (χ1v) is 6.77. The van der Waals surface area contributed by atoms with Crippen molar-refractivity contribution >= 4 is 11.6 Å². The van der Waals surface area contributed by atoms with Crippen molar-refractivity contribution in [3.8, 4) is 11.5 Å². The third kappa shape index (κ3) is 3.63. The van der Waals surface area contributed by atoms with E-state index in [1.54, 1.807) is 38.5 Å². The first-order chi connectivity index (χ1) is 10.7. The van der Waals surface area contributed by atoms with Crippen LogP contribution in [0.3, 0.4) is 0 Å². The Bertz CT molecular complexity index is 679. The number of rotatable bonds is 5. The zero-order valence-corrected chi connectivity index (χ0v) is 12.8. The van der Waals surface area contributed by atoms with E-state index in [-0.39, 0.29) is 5.91 Å². The van der Waals surface area contributed by atoms with Crippen LogP contribution in [0.4, 0.5) is 0 Å². The van der Waals surface area contributed by atoms with E-state index >= 15 is 0 Å². The van der Waals surface area contributed by atoms with Crippen LogP contribution in [0.15, 0.2) is 53.6 Å². The van der Waals surface area contributed by atoms with Gasteiger partial charge < -0.3 is 9.47 Å². The van der Waals surface area contributed by atoms with E-state index in [4.69, 9.17) is 9.47 Å². The maximum Gasteiger partial charge on any atom is 0.271 e. The number of methoxy groups -OCH3 is 2. The summed E-state index contributed by atoms with van der Waals surface area (Å²) in [6.07, 6.45) is 0. The summed E-state index contributed by atoms with van der Waals surface area (Å²) < 4.78 is 10.3. The van der Waals surface area contributed by atoms with Gasteiger partial charge in [0.2, 0.25) is 0 Å². The molecule has 22 heavy (non-hydrogen) atoms. The molecule has 5 nitrogen and oxygen atoms in total. The quantitative estimate of drug-likeness (QED) is 0.682. The van der Waals surface area contributed by atoms with E-state index < -0.39 is 0 Å². The molecule has 114 valence electrons. The third-order valence-corrected chi connectivity index (χ3v) is 3.17. The smallest absolute Gasteiger partial charge is 0.271 e. The molecule has 0 saturated carbocycles. The first-order valence-electron chi connectivity index (χ1n) is 6.77. The van der Waals surface area contributed by atoms with Crippen molar-refractivity contribution in [2.24, 2.45) is 5.10 Å². The van der Waals surface area contributed by atoms with Crippen molar-refractivity contribution in [3.63, 3.8) is 0 Å². The van der Waals surface area contributed by atoms with Gasteiger partial charge in [-0.1, -0.05) is 12.1 Å². The van der Waals surface area contributed by atoms with Crippen LogP contribution in [0, 0.1) is 0 Å². The van der Waals surface area contributed by atoms with Gasteiger partial charge in [0.1, 0.15) is 11.5 Å². The minimum Gasteiger partial charge on any atom is -0.497 e. The van der Waals surface area contributed by atoms with Crippen LogP contribution in [-0.4, -0.2) is 25.8 Å². The Hall–Kier alpha value is -2.82. The lowest BCUT2D eigenvalue weighted by Gasteiger charge is -2.08. The summed E-state index contributed by atoms with van der Waals surface area (Å²) in [4.78, 5) is 12.0. The van der Waals surface area contributed by atoms with Crippen molar-refractivity contribution in [1.29, 1.82) is 0 Å². The number of ether oxygens (including phenoxy) is 2. The minimum atomic E-state index is -0.281. The topological polar surface area (TPSA) is 59.9 Å². The summed E-state index contributed by atoms with van der Waals surface area (Å²) in [6.45, 7) is 1.81. The molecule has 0 aromatic heterocycles. The van der Waals surface area contributed by atoms with E-state index in [1.165, 1.54) is 0 Å². The average Bonchev–Trinajstić information content (AvgIpc) is 2.59. The Balaban J connectivity index is 2.11. The van der Waals surface area contributed by atoms with Gasteiger partial charge in [0, 0.05) is 11.1 Å². The molecule has 5 heteroatoms. The number of carbonyl (C=O) groups excluding carboxylic acids is 1. The van der Waals surface area contributed by atoms with Crippen LogP contribution < -0.4 is 14.9 Å². The SMILES string of the molecule is COc1ccc(C(=O)N/N=C(/C)c2ccccc2OC)cc1. The molecule has 2 aromatic carbocycles. The molecule has 2 aromatic rings. The van der Waals surface area contributed by atoms with Crippen molar-refractivity contribution in [3.05, 3.63) is 59.7 Å². The van der Waals surface area contributed by atoms with Crippen LogP contribution in [0.1, 0.15) is 22.8 Å². The Morgan fingerprint density at radius 3 is 2.32 bits per heavy atom. The van der Waals surface area contributed by atoms with Gasteiger partial charge in [0.25, 0.3) is 5.91 Å². The molecule has 0 spiro atoms. The normalized spacial score (nSPS) is 11.0. The Kier molecular flexibility index (Phi) is 5.14. The minimum absolute atomic E-state index is 0.281. The molecule has 0 saturated heterocycles. The van der Waals surface area contributed by atoms with Crippen molar-refractivity contribution in [2.75, 3.05) is 14.2 Å². The molecule has 1 amide bonds. The predicted molar refractivity (Wildman–Crippen MR) is 85.7 cm³/mol. The van der Waals surface area contributed by atoms with Crippen LogP contribution in [0.5, 0.6) is 11.5 Å². The van der Waals surface area contributed by atoms with Crippen molar-refractivity contribution in [2.45, 2.75) is 6.92 Å². The third-order valence-electron chi connectivity index (χ3n) is 3.17. The summed E-state index contributed by atoms with van der Waals surface area (Å²) in [7, 11) is 3.18. The van der Waals surface area contributed by atoms with Crippen LogP contribution >= 0.6 is 0 Å². The fourth-order valence-corrected chi connectivity index (χ4v) is 1.95. The Labute approximate surface area is 129 Å². The van der Waals surface area contributed by atoms with Gasteiger partial charge in [-0.3, -0.25) is 4.79 Å². The second kappa shape index (κ2) is 7.26. The fraction of sp³-hybridized carbons (Fsp3) is 0.176. The number of amides is 1. The summed E-state index contributed by atoms with van der Waals surface area (Å²) in [5, 5.41) is 4.13. The number of nitrogens with one attached hydrogen (secondary N) is 1. The van der Waals surface area contributed by atoms with E-state index in [0.717, 1.165) is 5.56 Å². The molecule has 0 radical (unpaired) electrons. The highest BCUT2D eigenvalue weighted by Gasteiger charge is 2.07. The summed E-state index contributed by atoms with van der Waals surface area (Å²) in [6, 6.07) is 14.3. The number of nitrogens with zero attached hydrogens (tertiary/aromatic N) is 1. The number of carbonyl (C=O) groups is 1. The number of hydrogen-bond donors (Lipinski definition) is 1. The molecule has 0 fully saturated rings. The maximum absolute atomic E-state index is 12.0. The van der Waals surface area contributed by atoms with E-state index in [9.17, 15) is 4.79 Å². The maximum atomic E-state index is 12.0. The highest BCUT2D eigenvalue weighted by Crippen LogP contribution is 2.18. The average molecular weight is 298 g/mol. The lowest BCUT2D eigenvalue weighted by molar-refractivity contribution is 0.0955. The Morgan fingerprint density at radius 2 is 1.68 bits per heavy atom. The number of hydrazone groups is 1. The Morgan fingerprint density at radius 1 is 1.00 bits per heavy atom. The molecular formula is C17H18N2O3. The van der Waals surface area contributed by atoms with Gasteiger partial charge in [-0.05, 0) is 43.3 Å². The second-order valence-electron chi connectivity index (χ2n) is 4.57. The van der Waals surface area contributed by atoms with Crippen LogP contribution in [0.25, 0.3) is 0 Å². The lowest BCUT2D eigenvalue weighted by Crippen LogP contribution is -2.19. The van der Waals surface area contributed by atoms with Gasteiger partial charge in [-0.2, -0.15) is 5.10 Å².